The van der Waals surface area contributed by atoms with Crippen molar-refractivity contribution >= 4 is 34.7 Å². The zero-order valence-corrected chi connectivity index (χ0v) is 16.1. The summed E-state index contributed by atoms with van der Waals surface area (Å²) >= 11 is 2.35. The Labute approximate surface area is 162 Å². The average molecular weight is 452 g/mol. The molecule has 2 heterocycles. The third-order valence-electron chi connectivity index (χ3n) is 4.54. The molecular weight excluding hydrogens is 431 g/mol. The minimum Gasteiger partial charge on any atom is -0.365 e. The number of nitrogens with zero attached hydrogens (tertiary/aromatic N) is 1. The zero-order valence-electron chi connectivity index (χ0n) is 14.0. The van der Waals surface area contributed by atoms with E-state index >= 15 is 0 Å². The van der Waals surface area contributed by atoms with Gasteiger partial charge in [0, 0.05) is 47.9 Å². The Morgan fingerprint density at radius 1 is 1.24 bits per heavy atom. The van der Waals surface area contributed by atoms with E-state index in [1.807, 2.05) is 24.3 Å². The third kappa shape index (κ3) is 5.27. The van der Waals surface area contributed by atoms with Crippen LogP contribution in [0.1, 0.15) is 42.7 Å². The summed E-state index contributed by atoms with van der Waals surface area (Å²) in [5.41, 5.74) is 1.78. The SMILES string of the molecule is O=C1CCC(c2cccc(C#CCOC3CCN(I)CC3)c2)C(=O)N1. The van der Waals surface area contributed by atoms with E-state index in [-0.39, 0.29) is 17.7 Å². The van der Waals surface area contributed by atoms with Gasteiger partial charge in [-0.1, -0.05) is 24.0 Å². The molecule has 1 aromatic carbocycles. The van der Waals surface area contributed by atoms with Crippen LogP contribution in [0.15, 0.2) is 24.3 Å². The molecule has 3 rings (SSSR count). The van der Waals surface area contributed by atoms with Gasteiger partial charge >= 0.3 is 0 Å². The van der Waals surface area contributed by atoms with Gasteiger partial charge in [-0.3, -0.25) is 14.9 Å². The lowest BCUT2D eigenvalue weighted by atomic mass is 9.90. The third-order valence-corrected chi connectivity index (χ3v) is 5.50. The Kier molecular flexibility index (Phi) is 6.45. The van der Waals surface area contributed by atoms with Gasteiger partial charge in [0.05, 0.1) is 12.0 Å². The molecule has 0 saturated carbocycles. The highest BCUT2D eigenvalue weighted by molar-refractivity contribution is 14.1. The number of halogens is 1. The number of hydrogen-bond acceptors (Lipinski definition) is 4. The minimum absolute atomic E-state index is 0.192. The Hall–Kier alpha value is -1.43. The van der Waals surface area contributed by atoms with Gasteiger partial charge in [-0.25, -0.2) is 3.11 Å². The van der Waals surface area contributed by atoms with Crippen molar-refractivity contribution in [3.63, 3.8) is 0 Å². The highest BCUT2D eigenvalue weighted by Gasteiger charge is 2.27. The summed E-state index contributed by atoms with van der Waals surface area (Å²) in [5.74, 6) is 5.50. The predicted molar refractivity (Wildman–Crippen MR) is 103 cm³/mol. The van der Waals surface area contributed by atoms with Crippen LogP contribution in [0.3, 0.4) is 0 Å². The maximum absolute atomic E-state index is 12.0. The molecule has 0 radical (unpaired) electrons. The summed E-state index contributed by atoms with van der Waals surface area (Å²) in [4.78, 5) is 23.3. The van der Waals surface area contributed by atoms with Crippen LogP contribution < -0.4 is 5.32 Å². The first-order valence-electron chi connectivity index (χ1n) is 8.56. The van der Waals surface area contributed by atoms with Crippen molar-refractivity contribution in [3.8, 4) is 11.8 Å². The Morgan fingerprint density at radius 3 is 2.80 bits per heavy atom. The molecule has 2 aliphatic rings. The number of hydrogen-bond donors (Lipinski definition) is 1. The van der Waals surface area contributed by atoms with Gasteiger partial charge in [0.1, 0.15) is 6.61 Å². The summed E-state index contributed by atoms with van der Waals surface area (Å²) in [7, 11) is 0. The van der Waals surface area contributed by atoms with E-state index in [9.17, 15) is 9.59 Å². The van der Waals surface area contributed by atoms with Crippen molar-refractivity contribution in [2.24, 2.45) is 0 Å². The van der Waals surface area contributed by atoms with Crippen molar-refractivity contribution in [2.45, 2.75) is 37.7 Å². The quantitative estimate of drug-likeness (QED) is 0.331. The van der Waals surface area contributed by atoms with Crippen LogP contribution in [0, 0.1) is 11.8 Å². The normalized spacial score (nSPS) is 22.2. The maximum atomic E-state index is 12.0. The first-order valence-corrected chi connectivity index (χ1v) is 9.53. The Morgan fingerprint density at radius 2 is 2.04 bits per heavy atom. The number of piperidine rings is 2. The molecule has 0 aromatic heterocycles. The van der Waals surface area contributed by atoms with Crippen LogP contribution in [0.25, 0.3) is 0 Å². The van der Waals surface area contributed by atoms with Gasteiger partial charge < -0.3 is 4.74 Å². The number of amides is 2. The molecule has 0 bridgehead atoms. The van der Waals surface area contributed by atoms with Gasteiger partial charge in [-0.2, -0.15) is 0 Å². The van der Waals surface area contributed by atoms with Crippen LogP contribution >= 0.6 is 22.9 Å². The van der Waals surface area contributed by atoms with E-state index in [2.05, 4.69) is 43.1 Å². The first-order chi connectivity index (χ1) is 12.1. The summed E-state index contributed by atoms with van der Waals surface area (Å²) in [6, 6.07) is 7.68. The van der Waals surface area contributed by atoms with Gasteiger partial charge in [-0.15, -0.1) is 0 Å². The van der Waals surface area contributed by atoms with E-state index in [0.717, 1.165) is 37.1 Å². The van der Waals surface area contributed by atoms with Crippen molar-refractivity contribution in [1.29, 1.82) is 0 Å². The summed E-state index contributed by atoms with van der Waals surface area (Å²) < 4.78 is 8.10. The van der Waals surface area contributed by atoms with Crippen LogP contribution in [0.2, 0.25) is 0 Å². The van der Waals surface area contributed by atoms with Crippen LogP contribution in [-0.4, -0.2) is 40.7 Å². The van der Waals surface area contributed by atoms with Crippen molar-refractivity contribution in [3.05, 3.63) is 35.4 Å². The summed E-state index contributed by atoms with van der Waals surface area (Å²) in [6.45, 7) is 2.55. The predicted octanol–water partition coefficient (Wildman–Crippen LogP) is 2.39. The van der Waals surface area contributed by atoms with Crippen LogP contribution in [0.4, 0.5) is 0 Å². The highest BCUT2D eigenvalue weighted by atomic mass is 127. The van der Waals surface area contributed by atoms with E-state index in [1.54, 1.807) is 0 Å². The number of imide groups is 1. The second-order valence-electron chi connectivity index (χ2n) is 6.35. The smallest absolute Gasteiger partial charge is 0.234 e. The van der Waals surface area contributed by atoms with Crippen molar-refractivity contribution in [2.75, 3.05) is 19.7 Å². The number of carbonyl (C=O) groups is 2. The van der Waals surface area contributed by atoms with Crippen molar-refractivity contribution in [1.82, 2.24) is 8.43 Å². The molecule has 2 aliphatic heterocycles. The molecule has 1 atom stereocenters. The molecule has 1 N–H and O–H groups in total. The number of rotatable bonds is 3. The second-order valence-corrected chi connectivity index (χ2v) is 7.72. The molecular formula is C19H21IN2O3. The standard InChI is InChI=1S/C19H21IN2O3/c20-22-10-8-16(9-11-22)25-12-2-4-14-3-1-5-15(13-14)17-6-7-18(23)21-19(17)24/h1,3,5,13,16-17H,6-12H2,(H,21,23,24). The molecule has 6 heteroatoms. The number of benzene rings is 1. The average Bonchev–Trinajstić information content (AvgIpc) is 2.60. The minimum atomic E-state index is -0.269. The first kappa shape index (κ1) is 18.4. The summed E-state index contributed by atoms with van der Waals surface area (Å²) in [5, 5.41) is 2.40. The number of ether oxygens (including phenoxy) is 1. The molecule has 1 unspecified atom stereocenters. The lowest BCUT2D eigenvalue weighted by molar-refractivity contribution is -0.134. The molecule has 2 amide bonds. The largest absolute Gasteiger partial charge is 0.365 e. The van der Waals surface area contributed by atoms with Gasteiger partial charge in [0.2, 0.25) is 11.8 Å². The van der Waals surface area contributed by atoms with E-state index in [4.69, 9.17) is 4.74 Å². The molecule has 0 aliphatic carbocycles. The van der Waals surface area contributed by atoms with Crippen LogP contribution in [-0.2, 0) is 14.3 Å². The fourth-order valence-corrected chi connectivity index (χ4v) is 3.69. The van der Waals surface area contributed by atoms with Gasteiger partial charge in [0.15, 0.2) is 0 Å². The molecule has 1 aromatic rings. The maximum Gasteiger partial charge on any atom is 0.234 e. The van der Waals surface area contributed by atoms with Crippen LogP contribution in [0.5, 0.6) is 0 Å². The Balaban J connectivity index is 1.55. The number of carbonyl (C=O) groups excluding carboxylic acids is 2. The lowest BCUT2D eigenvalue weighted by Gasteiger charge is -2.26. The van der Waals surface area contributed by atoms with E-state index in [1.165, 1.54) is 0 Å². The van der Waals surface area contributed by atoms with Crippen molar-refractivity contribution < 1.29 is 14.3 Å². The fraction of sp³-hybridized carbons (Fsp3) is 0.474. The molecule has 132 valence electrons. The second kappa shape index (κ2) is 8.79. The lowest BCUT2D eigenvalue weighted by Crippen LogP contribution is -2.39. The molecule has 2 saturated heterocycles. The monoisotopic (exact) mass is 452 g/mol. The van der Waals surface area contributed by atoms with Gasteiger partial charge in [0.25, 0.3) is 0 Å². The van der Waals surface area contributed by atoms with E-state index in [0.29, 0.717) is 25.6 Å². The molecule has 25 heavy (non-hydrogen) atoms. The fourth-order valence-electron chi connectivity index (χ4n) is 3.13. The molecule has 5 nitrogen and oxygen atoms in total. The van der Waals surface area contributed by atoms with E-state index < -0.39 is 0 Å². The highest BCUT2D eigenvalue weighted by Crippen LogP contribution is 2.25. The Bertz CT molecular complexity index is 702. The topological polar surface area (TPSA) is 58.6 Å². The summed E-state index contributed by atoms with van der Waals surface area (Å²) in [6.07, 6.45) is 3.34. The molecule has 2 fully saturated rings. The van der Waals surface area contributed by atoms with Gasteiger partial charge in [-0.05, 0) is 37.0 Å². The molecule has 0 spiro atoms. The zero-order chi connectivity index (χ0) is 17.6. The number of nitrogens with one attached hydrogen (secondary N) is 1.